The van der Waals surface area contributed by atoms with Crippen molar-refractivity contribution in [2.75, 3.05) is 6.61 Å². The fraction of sp³-hybridized carbons (Fsp3) is 0.111. The minimum absolute atomic E-state index is 0.0670. The Morgan fingerprint density at radius 3 is 2.71 bits per heavy atom. The molecule has 0 amide bonds. The molecule has 0 radical (unpaired) electrons. The van der Waals surface area contributed by atoms with Crippen LogP contribution in [0.4, 0.5) is 0 Å². The van der Waals surface area contributed by atoms with Gasteiger partial charge in [0.05, 0.1) is 16.8 Å². The zero-order chi connectivity index (χ0) is 17.1. The zero-order valence-electron chi connectivity index (χ0n) is 12.9. The molecule has 0 spiro atoms. The highest BCUT2D eigenvalue weighted by Gasteiger charge is 2.16. The number of nitrogens with zero attached hydrogens (tertiary/aromatic N) is 1. The van der Waals surface area contributed by atoms with Crippen LogP contribution < -0.4 is 10.3 Å². The molecule has 0 saturated carbocycles. The molecule has 0 aliphatic rings. The van der Waals surface area contributed by atoms with Gasteiger partial charge in [-0.2, -0.15) is 0 Å². The molecular weight excluding hydrogens is 328 g/mol. The molecule has 1 heterocycles. The molecule has 0 saturated heterocycles. The van der Waals surface area contributed by atoms with Crippen molar-refractivity contribution in [1.29, 1.82) is 0 Å². The molecule has 0 atom stereocenters. The van der Waals surface area contributed by atoms with Crippen LogP contribution in [0.2, 0.25) is 5.02 Å². The summed E-state index contributed by atoms with van der Waals surface area (Å²) in [6.07, 6.45) is 0. The van der Waals surface area contributed by atoms with Crippen LogP contribution in [0.3, 0.4) is 0 Å². The van der Waals surface area contributed by atoms with Gasteiger partial charge in [-0.1, -0.05) is 47.1 Å². The van der Waals surface area contributed by atoms with E-state index in [-0.39, 0.29) is 12.2 Å². The highest BCUT2D eigenvalue weighted by molar-refractivity contribution is 6.31. The number of hydrogen-bond donors (Lipinski definition) is 2. The lowest BCUT2D eigenvalue weighted by atomic mass is 10.0. The summed E-state index contributed by atoms with van der Waals surface area (Å²) in [5, 5.41) is 13.2. The first-order valence-electron chi connectivity index (χ1n) is 7.31. The van der Waals surface area contributed by atoms with Gasteiger partial charge in [0.1, 0.15) is 12.4 Å². The Balaban J connectivity index is 2.27. The molecule has 0 fully saturated rings. The number of fused-ring (bicyclic) bond motifs is 1. The van der Waals surface area contributed by atoms with Gasteiger partial charge < -0.3 is 14.9 Å². The molecule has 0 bridgehead atoms. The SMILES string of the molecule is C/C(COc1c(-c2ccccc2)c(=O)[nH]c2cc(Cl)ccc12)=N\O. The number of halogens is 1. The number of hydrogen-bond acceptors (Lipinski definition) is 4. The van der Waals surface area contributed by atoms with E-state index in [0.717, 1.165) is 10.9 Å². The van der Waals surface area contributed by atoms with Gasteiger partial charge in [0.2, 0.25) is 0 Å². The Morgan fingerprint density at radius 2 is 2.00 bits per heavy atom. The van der Waals surface area contributed by atoms with Gasteiger partial charge in [-0.25, -0.2) is 0 Å². The summed E-state index contributed by atoms with van der Waals surface area (Å²) in [6, 6.07) is 14.5. The van der Waals surface area contributed by atoms with Gasteiger partial charge in [0, 0.05) is 10.4 Å². The molecular formula is C18H15ClN2O3. The topological polar surface area (TPSA) is 74.7 Å². The van der Waals surface area contributed by atoms with E-state index >= 15 is 0 Å². The van der Waals surface area contributed by atoms with E-state index in [1.807, 2.05) is 30.3 Å². The van der Waals surface area contributed by atoms with Crippen LogP contribution in [-0.2, 0) is 0 Å². The summed E-state index contributed by atoms with van der Waals surface area (Å²) >= 11 is 6.02. The van der Waals surface area contributed by atoms with Crippen molar-refractivity contribution in [2.24, 2.45) is 5.16 Å². The molecule has 1 aromatic heterocycles. The minimum Gasteiger partial charge on any atom is -0.486 e. The van der Waals surface area contributed by atoms with Crippen LogP contribution in [0.15, 0.2) is 58.5 Å². The molecule has 2 N–H and O–H groups in total. The van der Waals surface area contributed by atoms with E-state index in [0.29, 0.717) is 27.6 Å². The second-order valence-corrected chi connectivity index (χ2v) is 5.77. The van der Waals surface area contributed by atoms with E-state index < -0.39 is 0 Å². The maximum Gasteiger partial charge on any atom is 0.260 e. The molecule has 122 valence electrons. The molecule has 5 nitrogen and oxygen atoms in total. The average Bonchev–Trinajstić information content (AvgIpc) is 2.59. The number of aromatic nitrogens is 1. The summed E-state index contributed by atoms with van der Waals surface area (Å²) in [6.45, 7) is 1.70. The Morgan fingerprint density at radius 1 is 1.25 bits per heavy atom. The lowest BCUT2D eigenvalue weighted by Crippen LogP contribution is -2.15. The first-order chi connectivity index (χ1) is 11.6. The van der Waals surface area contributed by atoms with Crippen LogP contribution in [0.5, 0.6) is 5.75 Å². The quantitative estimate of drug-likeness (QED) is 0.426. The third-order valence-electron chi connectivity index (χ3n) is 3.59. The van der Waals surface area contributed by atoms with Crippen molar-refractivity contribution in [1.82, 2.24) is 4.98 Å². The van der Waals surface area contributed by atoms with Crippen LogP contribution in [0.1, 0.15) is 6.92 Å². The van der Waals surface area contributed by atoms with Gasteiger partial charge in [-0.3, -0.25) is 4.79 Å². The van der Waals surface area contributed by atoms with Gasteiger partial charge in [0.15, 0.2) is 0 Å². The van der Waals surface area contributed by atoms with E-state index in [9.17, 15) is 4.79 Å². The predicted octanol–water partition coefficient (Wildman–Crippen LogP) is 4.08. The fourth-order valence-corrected chi connectivity index (χ4v) is 2.63. The molecule has 6 heteroatoms. The summed E-state index contributed by atoms with van der Waals surface area (Å²) in [4.78, 5) is 15.5. The van der Waals surface area contributed by atoms with Crippen LogP contribution in [0, 0.1) is 0 Å². The second kappa shape index (κ2) is 6.76. The smallest absolute Gasteiger partial charge is 0.260 e. The highest BCUT2D eigenvalue weighted by Crippen LogP contribution is 2.34. The monoisotopic (exact) mass is 342 g/mol. The van der Waals surface area contributed by atoms with Gasteiger partial charge >= 0.3 is 0 Å². The fourth-order valence-electron chi connectivity index (χ4n) is 2.46. The van der Waals surface area contributed by atoms with Crippen LogP contribution in [-0.4, -0.2) is 22.5 Å². The Hall–Kier alpha value is -2.79. The van der Waals surface area contributed by atoms with Crippen molar-refractivity contribution in [3.8, 4) is 16.9 Å². The number of H-pyrrole nitrogens is 1. The second-order valence-electron chi connectivity index (χ2n) is 5.34. The lowest BCUT2D eigenvalue weighted by molar-refractivity contribution is 0.307. The predicted molar refractivity (Wildman–Crippen MR) is 95.4 cm³/mol. The van der Waals surface area contributed by atoms with Crippen molar-refractivity contribution in [3.63, 3.8) is 0 Å². The summed E-state index contributed by atoms with van der Waals surface area (Å²) < 4.78 is 5.82. The van der Waals surface area contributed by atoms with Crippen molar-refractivity contribution < 1.29 is 9.94 Å². The Bertz CT molecular complexity index is 965. The molecule has 2 aromatic carbocycles. The van der Waals surface area contributed by atoms with E-state index in [4.69, 9.17) is 21.5 Å². The zero-order valence-corrected chi connectivity index (χ0v) is 13.7. The Labute approximate surface area is 143 Å². The standard InChI is InChI=1S/C18H15ClN2O3/c1-11(21-23)10-24-17-14-8-7-13(19)9-15(14)20-18(22)16(17)12-5-3-2-4-6-12/h2-9,23H,10H2,1H3,(H,20,22)/b21-11+. The number of pyridine rings is 1. The lowest BCUT2D eigenvalue weighted by Gasteiger charge is -2.14. The van der Waals surface area contributed by atoms with E-state index in [1.165, 1.54) is 0 Å². The van der Waals surface area contributed by atoms with Gasteiger partial charge in [-0.05, 0) is 30.7 Å². The third kappa shape index (κ3) is 3.12. The number of ether oxygens (including phenoxy) is 1. The number of benzene rings is 2. The summed E-state index contributed by atoms with van der Waals surface area (Å²) in [5.41, 5.74) is 1.88. The molecule has 3 aromatic rings. The summed E-state index contributed by atoms with van der Waals surface area (Å²) in [5.74, 6) is 0.430. The van der Waals surface area contributed by atoms with Crippen LogP contribution >= 0.6 is 11.6 Å². The maximum absolute atomic E-state index is 12.6. The average molecular weight is 343 g/mol. The number of aromatic amines is 1. The van der Waals surface area contributed by atoms with E-state index in [1.54, 1.807) is 25.1 Å². The van der Waals surface area contributed by atoms with Gasteiger partial charge in [0.25, 0.3) is 5.56 Å². The molecule has 0 aliphatic carbocycles. The van der Waals surface area contributed by atoms with Crippen molar-refractivity contribution >= 4 is 28.2 Å². The number of rotatable bonds is 4. The number of oxime groups is 1. The molecule has 24 heavy (non-hydrogen) atoms. The minimum atomic E-state index is -0.274. The third-order valence-corrected chi connectivity index (χ3v) is 3.82. The van der Waals surface area contributed by atoms with E-state index in [2.05, 4.69) is 10.1 Å². The maximum atomic E-state index is 12.6. The normalized spacial score (nSPS) is 11.7. The first kappa shape index (κ1) is 16.1. The highest BCUT2D eigenvalue weighted by atomic mass is 35.5. The van der Waals surface area contributed by atoms with Crippen molar-refractivity contribution in [2.45, 2.75) is 6.92 Å². The van der Waals surface area contributed by atoms with Gasteiger partial charge in [-0.15, -0.1) is 0 Å². The summed E-state index contributed by atoms with van der Waals surface area (Å²) in [7, 11) is 0. The molecule has 0 aliphatic heterocycles. The molecule has 3 rings (SSSR count). The van der Waals surface area contributed by atoms with Crippen molar-refractivity contribution in [3.05, 3.63) is 63.9 Å². The first-order valence-corrected chi connectivity index (χ1v) is 7.69. The largest absolute Gasteiger partial charge is 0.486 e. The molecule has 0 unspecified atom stereocenters. The van der Waals surface area contributed by atoms with Crippen LogP contribution in [0.25, 0.3) is 22.0 Å². The number of nitrogens with one attached hydrogen (secondary N) is 1. The Kier molecular flexibility index (Phi) is 4.53.